The molecule has 1 aromatic rings. The van der Waals surface area contributed by atoms with Gasteiger partial charge in [0.15, 0.2) is 0 Å². The molecule has 0 bridgehead atoms. The van der Waals surface area contributed by atoms with Crippen molar-refractivity contribution in [3.05, 3.63) is 35.9 Å². The summed E-state index contributed by atoms with van der Waals surface area (Å²) >= 11 is 1.55. The van der Waals surface area contributed by atoms with Gasteiger partial charge in [0, 0.05) is 5.75 Å². The molecular formula is C17H26O2S. The standard InChI is InChI=1S/C17H26O2S/c1-14(2)9-5-3-8-12-16(17(18)19)20-13-15-10-6-4-7-11-15/h4,6-7,10-11,14,16H,3,5,8-9,12-13H2,1-2H3,(H,18,19). The van der Waals surface area contributed by atoms with Crippen LogP contribution in [0.3, 0.4) is 0 Å². The van der Waals surface area contributed by atoms with E-state index in [0.717, 1.165) is 30.9 Å². The number of hydrogen-bond donors (Lipinski definition) is 1. The van der Waals surface area contributed by atoms with E-state index < -0.39 is 5.97 Å². The van der Waals surface area contributed by atoms with Crippen LogP contribution in [0.4, 0.5) is 0 Å². The van der Waals surface area contributed by atoms with E-state index in [2.05, 4.69) is 26.0 Å². The van der Waals surface area contributed by atoms with Gasteiger partial charge in [-0.2, -0.15) is 0 Å². The zero-order chi connectivity index (χ0) is 14.8. The molecule has 0 aromatic heterocycles. The molecule has 1 unspecified atom stereocenters. The Morgan fingerprint density at radius 1 is 1.10 bits per heavy atom. The molecular weight excluding hydrogens is 268 g/mol. The Labute approximate surface area is 127 Å². The summed E-state index contributed by atoms with van der Waals surface area (Å²) in [4.78, 5) is 11.3. The predicted octanol–water partition coefficient (Wildman–Crippen LogP) is 4.98. The fourth-order valence-corrected chi connectivity index (χ4v) is 3.17. The van der Waals surface area contributed by atoms with Gasteiger partial charge >= 0.3 is 5.97 Å². The highest BCUT2D eigenvalue weighted by Crippen LogP contribution is 2.23. The molecule has 0 saturated carbocycles. The van der Waals surface area contributed by atoms with Gasteiger partial charge in [-0.3, -0.25) is 4.79 Å². The molecule has 3 heteroatoms. The predicted molar refractivity (Wildman–Crippen MR) is 87.1 cm³/mol. The lowest BCUT2D eigenvalue weighted by molar-refractivity contribution is -0.136. The number of rotatable bonds is 10. The molecule has 1 N–H and O–H groups in total. The topological polar surface area (TPSA) is 37.3 Å². The van der Waals surface area contributed by atoms with E-state index in [9.17, 15) is 9.90 Å². The Bertz CT molecular complexity index is 376. The van der Waals surface area contributed by atoms with Crippen LogP contribution in [0.5, 0.6) is 0 Å². The van der Waals surface area contributed by atoms with E-state index in [4.69, 9.17) is 0 Å². The number of carboxylic acids is 1. The van der Waals surface area contributed by atoms with Crippen molar-refractivity contribution < 1.29 is 9.90 Å². The second-order valence-electron chi connectivity index (χ2n) is 5.66. The quantitative estimate of drug-likeness (QED) is 0.618. The average molecular weight is 294 g/mol. The van der Waals surface area contributed by atoms with Crippen LogP contribution in [0.25, 0.3) is 0 Å². The third-order valence-corrected chi connectivity index (χ3v) is 4.66. The number of benzene rings is 1. The highest BCUT2D eigenvalue weighted by atomic mass is 32.2. The minimum Gasteiger partial charge on any atom is -0.480 e. The molecule has 1 atom stereocenters. The molecule has 0 spiro atoms. The largest absolute Gasteiger partial charge is 0.480 e. The number of carboxylic acid groups (broad SMARTS) is 1. The average Bonchev–Trinajstić information content (AvgIpc) is 2.42. The highest BCUT2D eigenvalue weighted by Gasteiger charge is 2.17. The molecule has 0 fully saturated rings. The van der Waals surface area contributed by atoms with Gasteiger partial charge in [-0.1, -0.05) is 69.9 Å². The van der Waals surface area contributed by atoms with E-state index in [-0.39, 0.29) is 5.25 Å². The Morgan fingerprint density at radius 2 is 1.75 bits per heavy atom. The van der Waals surface area contributed by atoms with Crippen molar-refractivity contribution >= 4 is 17.7 Å². The third kappa shape index (κ3) is 7.59. The maximum atomic E-state index is 11.3. The van der Waals surface area contributed by atoms with Gasteiger partial charge in [-0.25, -0.2) is 0 Å². The SMILES string of the molecule is CC(C)CCCCCC(SCc1ccccc1)C(=O)O. The summed E-state index contributed by atoms with van der Waals surface area (Å²) in [5.41, 5.74) is 1.20. The first-order valence-corrected chi connectivity index (χ1v) is 8.52. The first-order valence-electron chi connectivity index (χ1n) is 7.48. The smallest absolute Gasteiger partial charge is 0.316 e. The summed E-state index contributed by atoms with van der Waals surface area (Å²) in [5.74, 6) is 0.858. The lowest BCUT2D eigenvalue weighted by Crippen LogP contribution is -2.16. The van der Waals surface area contributed by atoms with Crippen LogP contribution < -0.4 is 0 Å². The van der Waals surface area contributed by atoms with Crippen molar-refractivity contribution in [1.82, 2.24) is 0 Å². The van der Waals surface area contributed by atoms with Crippen LogP contribution in [-0.2, 0) is 10.5 Å². The van der Waals surface area contributed by atoms with Crippen LogP contribution >= 0.6 is 11.8 Å². The van der Waals surface area contributed by atoms with E-state index >= 15 is 0 Å². The van der Waals surface area contributed by atoms with Gasteiger partial charge in [-0.05, 0) is 17.9 Å². The number of aliphatic carboxylic acids is 1. The minimum absolute atomic E-state index is 0.269. The Morgan fingerprint density at radius 3 is 2.35 bits per heavy atom. The van der Waals surface area contributed by atoms with Crippen molar-refractivity contribution in [3.63, 3.8) is 0 Å². The fourth-order valence-electron chi connectivity index (χ4n) is 2.11. The second-order valence-corrected chi connectivity index (χ2v) is 6.85. The van der Waals surface area contributed by atoms with E-state index in [1.807, 2.05) is 18.2 Å². The highest BCUT2D eigenvalue weighted by molar-refractivity contribution is 7.99. The summed E-state index contributed by atoms with van der Waals surface area (Å²) in [6.45, 7) is 4.46. The zero-order valence-electron chi connectivity index (χ0n) is 12.5. The van der Waals surface area contributed by atoms with Crippen LogP contribution in [0, 0.1) is 5.92 Å². The second kappa shape index (κ2) is 9.87. The number of hydrogen-bond acceptors (Lipinski definition) is 2. The minimum atomic E-state index is -0.671. The molecule has 2 nitrogen and oxygen atoms in total. The van der Waals surface area contributed by atoms with E-state index in [1.165, 1.54) is 18.4 Å². The van der Waals surface area contributed by atoms with Crippen LogP contribution in [0.2, 0.25) is 0 Å². The van der Waals surface area contributed by atoms with Gasteiger partial charge in [0.1, 0.15) is 5.25 Å². The number of unbranched alkanes of at least 4 members (excludes halogenated alkanes) is 2. The van der Waals surface area contributed by atoms with E-state index in [0.29, 0.717) is 0 Å². The molecule has 0 radical (unpaired) electrons. The fraction of sp³-hybridized carbons (Fsp3) is 0.588. The summed E-state index contributed by atoms with van der Waals surface area (Å²) in [5, 5.41) is 9.01. The zero-order valence-corrected chi connectivity index (χ0v) is 13.4. The van der Waals surface area contributed by atoms with Crippen molar-refractivity contribution in [1.29, 1.82) is 0 Å². The molecule has 20 heavy (non-hydrogen) atoms. The Balaban J connectivity index is 2.25. The summed E-state index contributed by atoms with van der Waals surface area (Å²) in [6.07, 6.45) is 5.41. The molecule has 0 saturated heterocycles. The Kier molecular flexibility index (Phi) is 8.43. The molecule has 1 rings (SSSR count). The first-order chi connectivity index (χ1) is 9.59. The number of carbonyl (C=O) groups is 1. The first kappa shape index (κ1) is 17.1. The van der Waals surface area contributed by atoms with Gasteiger partial charge in [0.05, 0.1) is 0 Å². The van der Waals surface area contributed by atoms with Crippen LogP contribution in [0.1, 0.15) is 51.5 Å². The van der Waals surface area contributed by atoms with Crippen LogP contribution in [0.15, 0.2) is 30.3 Å². The monoisotopic (exact) mass is 294 g/mol. The third-order valence-electron chi connectivity index (χ3n) is 3.32. The van der Waals surface area contributed by atoms with Crippen molar-refractivity contribution in [2.45, 2.75) is 57.0 Å². The molecule has 112 valence electrons. The molecule has 0 heterocycles. The van der Waals surface area contributed by atoms with Gasteiger partial charge in [0.2, 0.25) is 0 Å². The van der Waals surface area contributed by atoms with Crippen LogP contribution in [-0.4, -0.2) is 16.3 Å². The molecule has 0 aliphatic rings. The van der Waals surface area contributed by atoms with Gasteiger partial charge < -0.3 is 5.11 Å². The van der Waals surface area contributed by atoms with Gasteiger partial charge in [-0.15, -0.1) is 11.8 Å². The summed E-state index contributed by atoms with van der Waals surface area (Å²) in [7, 11) is 0. The van der Waals surface area contributed by atoms with Crippen molar-refractivity contribution in [2.75, 3.05) is 0 Å². The Hall–Kier alpha value is -0.960. The lowest BCUT2D eigenvalue weighted by Gasteiger charge is -2.12. The maximum absolute atomic E-state index is 11.3. The van der Waals surface area contributed by atoms with Crippen molar-refractivity contribution in [3.8, 4) is 0 Å². The maximum Gasteiger partial charge on any atom is 0.316 e. The lowest BCUT2D eigenvalue weighted by atomic mass is 10.0. The molecule has 0 amide bonds. The van der Waals surface area contributed by atoms with E-state index in [1.54, 1.807) is 11.8 Å². The molecule has 1 aromatic carbocycles. The summed E-state index contributed by atoms with van der Waals surface area (Å²) in [6, 6.07) is 10.1. The normalized spacial score (nSPS) is 12.6. The molecule has 0 aliphatic heterocycles. The van der Waals surface area contributed by atoms with Crippen molar-refractivity contribution in [2.24, 2.45) is 5.92 Å². The summed E-state index contributed by atoms with van der Waals surface area (Å²) < 4.78 is 0. The van der Waals surface area contributed by atoms with Gasteiger partial charge in [0.25, 0.3) is 0 Å². The molecule has 0 aliphatic carbocycles. The number of thioether (sulfide) groups is 1.